The second kappa shape index (κ2) is 6.98. The van der Waals surface area contributed by atoms with Gasteiger partial charge in [-0.2, -0.15) is 0 Å². The Morgan fingerprint density at radius 1 is 1.31 bits per heavy atom. The lowest BCUT2D eigenvalue weighted by atomic mass is 9.73. The summed E-state index contributed by atoms with van der Waals surface area (Å²) in [5.74, 6) is 0.819. The molecule has 0 fully saturated rings. The molecular formula is C13H27BO2. The van der Waals surface area contributed by atoms with Crippen LogP contribution in [0.2, 0.25) is 6.32 Å². The quantitative estimate of drug-likeness (QED) is 0.379. The first-order chi connectivity index (χ1) is 7.34. The van der Waals surface area contributed by atoms with E-state index in [4.69, 9.17) is 4.74 Å². The molecule has 0 aromatic rings. The summed E-state index contributed by atoms with van der Waals surface area (Å²) >= 11 is 0. The minimum atomic E-state index is -0.331. The fraction of sp³-hybridized carbons (Fsp3) is 0.923. The Balaban J connectivity index is 4.45. The molecule has 0 N–H and O–H groups in total. The average Bonchev–Trinajstić information content (AvgIpc) is 2.16. The van der Waals surface area contributed by atoms with Gasteiger partial charge >= 0.3 is 5.97 Å². The first-order valence-electron chi connectivity index (χ1n) is 6.51. The molecule has 1 atom stereocenters. The van der Waals surface area contributed by atoms with E-state index in [1.54, 1.807) is 0 Å². The van der Waals surface area contributed by atoms with Gasteiger partial charge in [-0.3, -0.25) is 4.79 Å². The number of esters is 1. The Bertz CT molecular complexity index is 214. The molecule has 0 aromatic heterocycles. The minimum absolute atomic E-state index is 0.0235. The normalized spacial score (nSPS) is 15.2. The number of hydrogen-bond acceptors (Lipinski definition) is 2. The molecule has 1 unspecified atom stereocenters. The Hall–Kier alpha value is -0.465. The van der Waals surface area contributed by atoms with Gasteiger partial charge in [-0.1, -0.05) is 34.0 Å². The maximum atomic E-state index is 12.1. The fourth-order valence-corrected chi connectivity index (χ4v) is 1.88. The van der Waals surface area contributed by atoms with Crippen LogP contribution < -0.4 is 0 Å². The Kier molecular flexibility index (Phi) is 6.77. The van der Waals surface area contributed by atoms with Crippen LogP contribution in [-0.4, -0.2) is 20.4 Å². The predicted molar refractivity (Wildman–Crippen MR) is 71.3 cm³/mol. The highest BCUT2D eigenvalue weighted by molar-refractivity contribution is 6.08. The lowest BCUT2D eigenvalue weighted by Crippen LogP contribution is -2.36. The van der Waals surface area contributed by atoms with Crippen LogP contribution in [0, 0.1) is 17.3 Å². The molecule has 0 aliphatic heterocycles. The smallest absolute Gasteiger partial charge is 0.312 e. The van der Waals surface area contributed by atoms with Gasteiger partial charge in [0, 0.05) is 0 Å². The summed E-state index contributed by atoms with van der Waals surface area (Å²) in [6, 6.07) is 0. The highest BCUT2D eigenvalue weighted by Crippen LogP contribution is 2.35. The molecule has 0 saturated carbocycles. The van der Waals surface area contributed by atoms with Crippen LogP contribution in [0.15, 0.2) is 0 Å². The van der Waals surface area contributed by atoms with Gasteiger partial charge < -0.3 is 4.74 Å². The molecular weight excluding hydrogens is 199 g/mol. The van der Waals surface area contributed by atoms with Gasteiger partial charge in [-0.15, -0.1) is 0 Å². The number of carbonyl (C=O) groups excluding carboxylic acids is 1. The van der Waals surface area contributed by atoms with Crippen LogP contribution in [0.5, 0.6) is 0 Å². The third-order valence-corrected chi connectivity index (χ3v) is 3.30. The maximum Gasteiger partial charge on any atom is 0.312 e. The lowest BCUT2D eigenvalue weighted by Gasteiger charge is -2.32. The van der Waals surface area contributed by atoms with Crippen molar-refractivity contribution in [3.63, 3.8) is 0 Å². The van der Waals surface area contributed by atoms with E-state index in [1.165, 1.54) is 0 Å². The van der Waals surface area contributed by atoms with E-state index in [-0.39, 0.29) is 11.4 Å². The minimum Gasteiger partial charge on any atom is -0.465 e. The first-order valence-corrected chi connectivity index (χ1v) is 6.51. The summed E-state index contributed by atoms with van der Waals surface area (Å²) in [5.41, 5.74) is -0.331. The largest absolute Gasteiger partial charge is 0.465 e. The highest BCUT2D eigenvalue weighted by atomic mass is 16.5. The van der Waals surface area contributed by atoms with E-state index in [2.05, 4.69) is 35.5 Å². The number of ether oxygens (including phenoxy) is 1. The molecule has 0 aliphatic rings. The van der Waals surface area contributed by atoms with E-state index in [9.17, 15) is 4.79 Å². The summed E-state index contributed by atoms with van der Waals surface area (Å²) in [4.78, 5) is 12.1. The van der Waals surface area contributed by atoms with E-state index in [0.29, 0.717) is 18.4 Å². The average molecular weight is 226 g/mol. The maximum absolute atomic E-state index is 12.1. The van der Waals surface area contributed by atoms with Crippen LogP contribution in [0.1, 0.15) is 47.5 Å². The molecule has 0 saturated heterocycles. The fourth-order valence-electron chi connectivity index (χ4n) is 1.88. The second-order valence-corrected chi connectivity index (χ2v) is 5.66. The standard InChI is InChI=1S/C13H27BO2/c1-10(2)9-13(5,11(3)4)12(15)16-8-6-7-14/h10-11H,6-9,14H2,1-5H3. The van der Waals surface area contributed by atoms with Crippen LogP contribution in [-0.2, 0) is 9.53 Å². The summed E-state index contributed by atoms with van der Waals surface area (Å²) in [7, 11) is 2.10. The molecule has 0 bridgehead atoms. The SMILES string of the molecule is BCCCOC(=O)C(C)(CC(C)C)C(C)C. The van der Waals surface area contributed by atoms with E-state index < -0.39 is 0 Å². The molecule has 0 amide bonds. The topological polar surface area (TPSA) is 26.3 Å². The molecule has 2 nitrogen and oxygen atoms in total. The number of carbonyl (C=O) groups is 1. The zero-order valence-electron chi connectivity index (χ0n) is 11.8. The van der Waals surface area contributed by atoms with Crippen molar-refractivity contribution in [2.45, 2.75) is 53.8 Å². The Morgan fingerprint density at radius 3 is 2.25 bits per heavy atom. The molecule has 16 heavy (non-hydrogen) atoms. The number of rotatable bonds is 7. The van der Waals surface area contributed by atoms with Crippen LogP contribution in [0.25, 0.3) is 0 Å². The number of hydrogen-bond donors (Lipinski definition) is 0. The van der Waals surface area contributed by atoms with Gasteiger partial charge in [0.25, 0.3) is 0 Å². The van der Waals surface area contributed by atoms with Gasteiger partial charge in [0.1, 0.15) is 7.85 Å². The van der Waals surface area contributed by atoms with Gasteiger partial charge in [-0.25, -0.2) is 0 Å². The lowest BCUT2D eigenvalue weighted by molar-refractivity contribution is -0.159. The molecule has 0 heterocycles. The van der Waals surface area contributed by atoms with Crippen molar-refractivity contribution in [3.8, 4) is 0 Å². The highest BCUT2D eigenvalue weighted by Gasteiger charge is 2.38. The van der Waals surface area contributed by atoms with Gasteiger partial charge in [0.15, 0.2) is 0 Å². The molecule has 0 radical (unpaired) electrons. The van der Waals surface area contributed by atoms with Gasteiger partial charge in [-0.05, 0) is 31.6 Å². The second-order valence-electron chi connectivity index (χ2n) is 5.66. The summed E-state index contributed by atoms with van der Waals surface area (Å²) in [6.45, 7) is 11.1. The van der Waals surface area contributed by atoms with Crippen molar-refractivity contribution in [3.05, 3.63) is 0 Å². The van der Waals surface area contributed by atoms with E-state index in [1.807, 2.05) is 6.92 Å². The predicted octanol–water partition coefficient (Wildman–Crippen LogP) is 2.68. The first kappa shape index (κ1) is 15.5. The molecule has 94 valence electrons. The Morgan fingerprint density at radius 2 is 1.88 bits per heavy atom. The monoisotopic (exact) mass is 226 g/mol. The molecule has 0 spiro atoms. The van der Waals surface area contributed by atoms with E-state index >= 15 is 0 Å². The van der Waals surface area contributed by atoms with Crippen LogP contribution >= 0.6 is 0 Å². The zero-order valence-corrected chi connectivity index (χ0v) is 11.8. The van der Waals surface area contributed by atoms with E-state index in [0.717, 1.165) is 19.2 Å². The van der Waals surface area contributed by atoms with Crippen LogP contribution in [0.3, 0.4) is 0 Å². The summed E-state index contributed by atoms with van der Waals surface area (Å²) in [6.07, 6.45) is 2.92. The third-order valence-electron chi connectivity index (χ3n) is 3.30. The summed E-state index contributed by atoms with van der Waals surface area (Å²) in [5, 5.41) is 0. The molecule has 0 rings (SSSR count). The van der Waals surface area contributed by atoms with Crippen LogP contribution in [0.4, 0.5) is 0 Å². The van der Waals surface area contributed by atoms with Crippen molar-refractivity contribution in [2.75, 3.05) is 6.61 Å². The molecule has 0 aliphatic carbocycles. The molecule has 3 heteroatoms. The van der Waals surface area contributed by atoms with Crippen molar-refractivity contribution >= 4 is 13.8 Å². The van der Waals surface area contributed by atoms with Crippen molar-refractivity contribution in [1.82, 2.24) is 0 Å². The zero-order chi connectivity index (χ0) is 12.8. The third kappa shape index (κ3) is 4.59. The van der Waals surface area contributed by atoms with Crippen molar-refractivity contribution in [2.24, 2.45) is 17.3 Å². The molecule has 0 aromatic carbocycles. The van der Waals surface area contributed by atoms with Gasteiger partial charge in [0.2, 0.25) is 0 Å². The Labute approximate surface area is 102 Å². The van der Waals surface area contributed by atoms with Crippen molar-refractivity contribution < 1.29 is 9.53 Å². The summed E-state index contributed by atoms with van der Waals surface area (Å²) < 4.78 is 5.37. The van der Waals surface area contributed by atoms with Crippen molar-refractivity contribution in [1.29, 1.82) is 0 Å². The van der Waals surface area contributed by atoms with Gasteiger partial charge in [0.05, 0.1) is 12.0 Å².